The van der Waals surface area contributed by atoms with Crippen LogP contribution in [0.15, 0.2) is 41.9 Å². The minimum atomic E-state index is 0.0455. The van der Waals surface area contributed by atoms with Gasteiger partial charge >= 0.3 is 0 Å². The molecule has 2 aromatic rings. The lowest BCUT2D eigenvalue weighted by molar-refractivity contribution is -0.119. The normalized spacial score (nSPS) is 14.9. The molecule has 7 heteroatoms. The van der Waals surface area contributed by atoms with Gasteiger partial charge in [-0.05, 0) is 12.1 Å². The minimum absolute atomic E-state index is 0.0455. The first-order valence-electron chi connectivity index (χ1n) is 8.37. The van der Waals surface area contributed by atoms with Crippen LogP contribution in [0.25, 0.3) is 0 Å². The highest BCUT2D eigenvalue weighted by Crippen LogP contribution is 2.19. The average Bonchev–Trinajstić information content (AvgIpc) is 3.18. The summed E-state index contributed by atoms with van der Waals surface area (Å²) in [5.74, 6) is 0.0455. The quantitative estimate of drug-likeness (QED) is 0.795. The number of nitrogens with zero attached hydrogens (tertiary/aromatic N) is 5. The number of thiazole rings is 1. The molecule has 6 nitrogen and oxygen atoms in total. The molecule has 1 aliphatic rings. The van der Waals surface area contributed by atoms with Gasteiger partial charge in [0.1, 0.15) is 0 Å². The van der Waals surface area contributed by atoms with Gasteiger partial charge < -0.3 is 9.80 Å². The summed E-state index contributed by atoms with van der Waals surface area (Å²) in [6, 6.07) is 11.7. The maximum atomic E-state index is 12.8. The van der Waals surface area contributed by atoms with Gasteiger partial charge in [0.15, 0.2) is 5.13 Å². The Hall–Kier alpha value is -2.43. The van der Waals surface area contributed by atoms with Gasteiger partial charge in [-0.3, -0.25) is 9.69 Å². The smallest absolute Gasteiger partial charge is 0.241 e. The number of hydrogen-bond donors (Lipinski definition) is 0. The molecule has 1 fully saturated rings. The predicted octanol–water partition coefficient (Wildman–Crippen LogP) is 2.21. The van der Waals surface area contributed by atoms with E-state index in [0.29, 0.717) is 19.5 Å². The molecule has 0 aliphatic carbocycles. The summed E-state index contributed by atoms with van der Waals surface area (Å²) >= 11 is 1.65. The van der Waals surface area contributed by atoms with Gasteiger partial charge in [-0.1, -0.05) is 18.2 Å². The van der Waals surface area contributed by atoms with Crippen LogP contribution in [-0.4, -0.2) is 55.1 Å². The maximum Gasteiger partial charge on any atom is 0.241 e. The summed E-state index contributed by atoms with van der Waals surface area (Å²) in [7, 11) is 0. The van der Waals surface area contributed by atoms with Gasteiger partial charge in [0.05, 0.1) is 19.0 Å². The Labute approximate surface area is 151 Å². The molecule has 1 aromatic carbocycles. The second-order valence-corrected chi connectivity index (χ2v) is 6.74. The van der Waals surface area contributed by atoms with Crippen LogP contribution >= 0.6 is 11.3 Å². The molecule has 1 amide bonds. The van der Waals surface area contributed by atoms with Gasteiger partial charge in [-0.25, -0.2) is 4.98 Å². The first-order chi connectivity index (χ1) is 12.3. The predicted molar refractivity (Wildman–Crippen MR) is 99.8 cm³/mol. The van der Waals surface area contributed by atoms with Crippen molar-refractivity contribution in [1.82, 2.24) is 9.88 Å². The van der Waals surface area contributed by atoms with E-state index in [-0.39, 0.29) is 5.91 Å². The zero-order valence-corrected chi connectivity index (χ0v) is 14.9. The van der Waals surface area contributed by atoms with E-state index in [2.05, 4.69) is 20.9 Å². The lowest BCUT2D eigenvalue weighted by Gasteiger charge is -2.35. The molecule has 3 rings (SSSR count). The highest BCUT2D eigenvalue weighted by Gasteiger charge is 2.23. The van der Waals surface area contributed by atoms with Crippen LogP contribution in [0, 0.1) is 11.3 Å². The van der Waals surface area contributed by atoms with Crippen molar-refractivity contribution in [3.05, 3.63) is 41.9 Å². The highest BCUT2D eigenvalue weighted by atomic mass is 32.1. The van der Waals surface area contributed by atoms with E-state index in [1.807, 2.05) is 41.9 Å². The molecule has 0 saturated carbocycles. The topological polar surface area (TPSA) is 63.5 Å². The Kier molecular flexibility index (Phi) is 5.99. The third kappa shape index (κ3) is 4.56. The molecule has 25 heavy (non-hydrogen) atoms. The van der Waals surface area contributed by atoms with Crippen molar-refractivity contribution < 1.29 is 4.79 Å². The molecule has 0 radical (unpaired) electrons. The van der Waals surface area contributed by atoms with Crippen molar-refractivity contribution in [2.45, 2.75) is 6.42 Å². The standard InChI is InChI=1S/C18H21N5OS/c19-7-4-9-23(16-5-2-1-3-6-16)17(24)15-21-10-12-22(13-11-21)18-20-8-14-25-18/h1-3,5-6,8,14H,4,9-13,15H2. The Bertz CT molecular complexity index is 705. The lowest BCUT2D eigenvalue weighted by Crippen LogP contribution is -2.50. The number of carbonyl (C=O) groups excluding carboxylic acids is 1. The third-order valence-electron chi connectivity index (χ3n) is 4.24. The second kappa shape index (κ2) is 8.60. The molecule has 2 heterocycles. The number of aromatic nitrogens is 1. The number of hydrogen-bond acceptors (Lipinski definition) is 6. The van der Waals surface area contributed by atoms with Crippen LogP contribution in [0.2, 0.25) is 0 Å². The van der Waals surface area contributed by atoms with Crippen LogP contribution in [0.3, 0.4) is 0 Å². The summed E-state index contributed by atoms with van der Waals surface area (Å²) in [5.41, 5.74) is 0.851. The monoisotopic (exact) mass is 355 g/mol. The van der Waals surface area contributed by atoms with Gasteiger partial charge in [-0.2, -0.15) is 5.26 Å². The first-order valence-corrected chi connectivity index (χ1v) is 9.25. The number of rotatable bonds is 6. The fourth-order valence-electron chi connectivity index (χ4n) is 2.91. The van der Waals surface area contributed by atoms with E-state index in [4.69, 9.17) is 5.26 Å². The summed E-state index contributed by atoms with van der Waals surface area (Å²) < 4.78 is 0. The van der Waals surface area contributed by atoms with E-state index >= 15 is 0 Å². The zero-order valence-electron chi connectivity index (χ0n) is 14.0. The van der Waals surface area contributed by atoms with Crippen molar-refractivity contribution in [1.29, 1.82) is 5.26 Å². The minimum Gasteiger partial charge on any atom is -0.346 e. The highest BCUT2D eigenvalue weighted by molar-refractivity contribution is 7.13. The maximum absolute atomic E-state index is 12.8. The number of amides is 1. The number of para-hydroxylation sites is 1. The van der Waals surface area contributed by atoms with Crippen LogP contribution in [-0.2, 0) is 4.79 Å². The van der Waals surface area contributed by atoms with Gasteiger partial charge in [0.25, 0.3) is 0 Å². The lowest BCUT2D eigenvalue weighted by atomic mass is 10.2. The molecule has 0 unspecified atom stereocenters. The molecule has 130 valence electrons. The van der Waals surface area contributed by atoms with E-state index in [0.717, 1.165) is 37.0 Å². The Balaban J connectivity index is 1.57. The fraction of sp³-hybridized carbons (Fsp3) is 0.389. The van der Waals surface area contributed by atoms with Crippen LogP contribution in [0.1, 0.15) is 6.42 Å². The Morgan fingerprint density at radius 1 is 1.24 bits per heavy atom. The molecular weight excluding hydrogens is 334 g/mol. The zero-order chi connectivity index (χ0) is 17.5. The van der Waals surface area contributed by atoms with Gasteiger partial charge in [-0.15, -0.1) is 11.3 Å². The summed E-state index contributed by atoms with van der Waals surface area (Å²) in [4.78, 5) is 23.3. The van der Waals surface area contributed by atoms with E-state index in [1.54, 1.807) is 16.2 Å². The van der Waals surface area contributed by atoms with Crippen LogP contribution in [0.5, 0.6) is 0 Å². The largest absolute Gasteiger partial charge is 0.346 e. The van der Waals surface area contributed by atoms with Crippen LogP contribution < -0.4 is 9.80 Å². The number of benzene rings is 1. The SMILES string of the molecule is N#CCCN(C(=O)CN1CCN(c2nccs2)CC1)c1ccccc1. The van der Waals surface area contributed by atoms with Crippen molar-refractivity contribution in [3.63, 3.8) is 0 Å². The first kappa shape index (κ1) is 17.4. The number of carbonyl (C=O) groups is 1. The number of piperazine rings is 1. The van der Waals surface area contributed by atoms with E-state index in [9.17, 15) is 4.79 Å². The third-order valence-corrected chi connectivity index (χ3v) is 5.07. The van der Waals surface area contributed by atoms with E-state index in [1.165, 1.54) is 0 Å². The molecule has 0 spiro atoms. The Morgan fingerprint density at radius 3 is 2.64 bits per heavy atom. The molecular formula is C18H21N5OS. The van der Waals surface area contributed by atoms with Crippen molar-refractivity contribution in [3.8, 4) is 6.07 Å². The number of nitriles is 1. The average molecular weight is 355 g/mol. The summed E-state index contributed by atoms with van der Waals surface area (Å²) in [6.45, 7) is 4.25. The molecule has 0 N–H and O–H groups in total. The second-order valence-electron chi connectivity index (χ2n) is 5.87. The molecule has 1 aromatic heterocycles. The van der Waals surface area contributed by atoms with Crippen molar-refractivity contribution in [2.75, 3.05) is 49.1 Å². The molecule has 1 aliphatic heterocycles. The van der Waals surface area contributed by atoms with Crippen molar-refractivity contribution >= 4 is 28.1 Å². The fourth-order valence-corrected chi connectivity index (χ4v) is 3.61. The van der Waals surface area contributed by atoms with Gasteiger partial charge in [0, 0.05) is 50.0 Å². The molecule has 0 atom stereocenters. The van der Waals surface area contributed by atoms with E-state index < -0.39 is 0 Å². The summed E-state index contributed by atoms with van der Waals surface area (Å²) in [5, 5.41) is 11.9. The Morgan fingerprint density at radius 2 is 2.00 bits per heavy atom. The van der Waals surface area contributed by atoms with Crippen molar-refractivity contribution in [2.24, 2.45) is 0 Å². The number of anilines is 2. The molecule has 0 bridgehead atoms. The summed E-state index contributed by atoms with van der Waals surface area (Å²) in [6.07, 6.45) is 2.15. The molecule has 1 saturated heterocycles. The van der Waals surface area contributed by atoms with Crippen LogP contribution in [0.4, 0.5) is 10.8 Å². The van der Waals surface area contributed by atoms with Gasteiger partial charge in [0.2, 0.25) is 5.91 Å².